The zero-order valence-electron chi connectivity index (χ0n) is 8.91. The number of fused-ring (bicyclic) bond motifs is 1. The Bertz CT molecular complexity index is 666. The largest absolute Gasteiger partial charge is 0.382 e. The Kier molecular flexibility index (Phi) is 2.15. The Hall–Kier alpha value is -2.56. The summed E-state index contributed by atoms with van der Waals surface area (Å²) in [7, 11) is 0. The second-order valence-corrected chi connectivity index (χ2v) is 3.56. The van der Waals surface area contributed by atoms with E-state index in [1.165, 1.54) is 6.20 Å². The summed E-state index contributed by atoms with van der Waals surface area (Å²) in [6, 6.07) is 9.71. The van der Waals surface area contributed by atoms with Crippen molar-refractivity contribution in [2.75, 3.05) is 5.73 Å². The monoisotopic (exact) mass is 223 g/mol. The Morgan fingerprint density at radius 1 is 0.882 bits per heavy atom. The Labute approximate surface area is 97.4 Å². The smallest absolute Gasteiger partial charge is 0.183 e. The van der Waals surface area contributed by atoms with Gasteiger partial charge in [0.1, 0.15) is 11.3 Å². The molecule has 0 saturated carbocycles. The number of hydrogen-bond donors (Lipinski definition) is 1. The zero-order valence-corrected chi connectivity index (χ0v) is 8.91. The highest BCUT2D eigenvalue weighted by Gasteiger charge is 2.04. The minimum atomic E-state index is 0.357. The first kappa shape index (κ1) is 9.65. The Balaban J connectivity index is 2.19. The van der Waals surface area contributed by atoms with Crippen molar-refractivity contribution in [3.8, 4) is 11.4 Å². The summed E-state index contributed by atoms with van der Waals surface area (Å²) in [5, 5.41) is 0. The summed E-state index contributed by atoms with van der Waals surface area (Å²) in [5.74, 6) is 0.980. The zero-order chi connectivity index (χ0) is 11.7. The van der Waals surface area contributed by atoms with Gasteiger partial charge in [-0.2, -0.15) is 0 Å². The molecular formula is C12H9N5. The summed E-state index contributed by atoms with van der Waals surface area (Å²) in [6.07, 6.45) is 3.14. The maximum atomic E-state index is 5.58. The molecule has 0 spiro atoms. The first-order valence-corrected chi connectivity index (χ1v) is 5.13. The van der Waals surface area contributed by atoms with Crippen LogP contribution in [-0.4, -0.2) is 19.9 Å². The van der Waals surface area contributed by atoms with E-state index in [2.05, 4.69) is 19.9 Å². The van der Waals surface area contributed by atoms with Crippen LogP contribution in [0.3, 0.4) is 0 Å². The molecule has 3 aromatic rings. The van der Waals surface area contributed by atoms with Crippen LogP contribution in [0.5, 0.6) is 0 Å². The maximum Gasteiger partial charge on any atom is 0.183 e. The van der Waals surface area contributed by atoms with Gasteiger partial charge in [0.25, 0.3) is 0 Å². The fourth-order valence-electron chi connectivity index (χ4n) is 1.55. The second kappa shape index (κ2) is 3.79. The van der Waals surface area contributed by atoms with Crippen molar-refractivity contribution in [3.05, 3.63) is 42.7 Å². The van der Waals surface area contributed by atoms with Crippen LogP contribution in [-0.2, 0) is 0 Å². The van der Waals surface area contributed by atoms with E-state index in [-0.39, 0.29) is 0 Å². The number of anilines is 1. The quantitative estimate of drug-likeness (QED) is 0.679. The summed E-state index contributed by atoms with van der Waals surface area (Å²) in [4.78, 5) is 16.8. The lowest BCUT2D eigenvalue weighted by molar-refractivity contribution is 1.16. The molecule has 5 heteroatoms. The van der Waals surface area contributed by atoms with E-state index < -0.39 is 0 Å². The highest BCUT2D eigenvalue weighted by molar-refractivity contribution is 5.72. The van der Waals surface area contributed by atoms with Crippen LogP contribution in [0.15, 0.2) is 42.7 Å². The third-order valence-electron chi connectivity index (χ3n) is 2.35. The van der Waals surface area contributed by atoms with Gasteiger partial charge in [-0.3, -0.25) is 0 Å². The van der Waals surface area contributed by atoms with E-state index in [0.29, 0.717) is 22.8 Å². The van der Waals surface area contributed by atoms with Crippen LogP contribution < -0.4 is 5.73 Å². The van der Waals surface area contributed by atoms with Crippen molar-refractivity contribution < 1.29 is 0 Å². The molecule has 0 fully saturated rings. The minimum Gasteiger partial charge on any atom is -0.382 e. The van der Waals surface area contributed by atoms with Gasteiger partial charge in [0.05, 0.1) is 12.4 Å². The molecule has 2 heterocycles. The third kappa shape index (κ3) is 1.78. The van der Waals surface area contributed by atoms with E-state index in [1.807, 2.05) is 30.3 Å². The lowest BCUT2D eigenvalue weighted by atomic mass is 10.2. The molecule has 1 aromatic carbocycles. The molecule has 17 heavy (non-hydrogen) atoms. The average molecular weight is 223 g/mol. The fraction of sp³-hybridized carbons (Fsp3) is 0. The van der Waals surface area contributed by atoms with E-state index in [4.69, 9.17) is 5.73 Å². The van der Waals surface area contributed by atoms with Crippen molar-refractivity contribution in [1.29, 1.82) is 0 Å². The molecule has 0 aliphatic carbocycles. The van der Waals surface area contributed by atoms with Gasteiger partial charge in [-0.1, -0.05) is 30.3 Å². The van der Waals surface area contributed by atoms with Crippen LogP contribution in [0.25, 0.3) is 22.6 Å². The number of nitrogens with zero attached hydrogens (tertiary/aromatic N) is 4. The number of aromatic nitrogens is 4. The minimum absolute atomic E-state index is 0.357. The molecule has 5 nitrogen and oxygen atoms in total. The molecule has 82 valence electrons. The molecule has 0 saturated heterocycles. The lowest BCUT2D eigenvalue weighted by Gasteiger charge is -2.01. The second-order valence-electron chi connectivity index (χ2n) is 3.56. The van der Waals surface area contributed by atoms with Crippen molar-refractivity contribution in [2.24, 2.45) is 0 Å². The highest BCUT2D eigenvalue weighted by atomic mass is 15.0. The molecule has 0 atom stereocenters. The predicted molar refractivity (Wildman–Crippen MR) is 65.0 cm³/mol. The normalized spacial score (nSPS) is 10.6. The van der Waals surface area contributed by atoms with Gasteiger partial charge < -0.3 is 5.73 Å². The first-order chi connectivity index (χ1) is 8.33. The van der Waals surface area contributed by atoms with Crippen LogP contribution >= 0.6 is 0 Å². The van der Waals surface area contributed by atoms with Gasteiger partial charge >= 0.3 is 0 Å². The van der Waals surface area contributed by atoms with Gasteiger partial charge in [-0.25, -0.2) is 19.9 Å². The van der Waals surface area contributed by atoms with Crippen LogP contribution in [0, 0.1) is 0 Å². The van der Waals surface area contributed by atoms with Gasteiger partial charge in [-0.05, 0) is 0 Å². The number of nitrogens with two attached hydrogens (primary N) is 1. The standard InChI is InChI=1S/C12H9N5/c13-10-7-14-9-6-15-11(17-12(9)16-10)8-4-2-1-3-5-8/h1-7H,(H2,13,15,16,17). The molecule has 0 radical (unpaired) electrons. The van der Waals surface area contributed by atoms with Crippen molar-refractivity contribution in [2.45, 2.75) is 0 Å². The van der Waals surface area contributed by atoms with Crippen LogP contribution in [0.2, 0.25) is 0 Å². The van der Waals surface area contributed by atoms with E-state index in [0.717, 1.165) is 5.56 Å². The SMILES string of the molecule is Nc1cnc2cnc(-c3ccccc3)nc2n1. The van der Waals surface area contributed by atoms with E-state index in [1.54, 1.807) is 6.20 Å². The topological polar surface area (TPSA) is 77.6 Å². The third-order valence-corrected chi connectivity index (χ3v) is 2.35. The molecular weight excluding hydrogens is 214 g/mol. The molecule has 0 amide bonds. The maximum absolute atomic E-state index is 5.58. The molecule has 0 aliphatic rings. The number of hydrogen-bond acceptors (Lipinski definition) is 5. The molecule has 3 rings (SSSR count). The van der Waals surface area contributed by atoms with Gasteiger partial charge in [0.15, 0.2) is 11.5 Å². The van der Waals surface area contributed by atoms with E-state index in [9.17, 15) is 0 Å². The summed E-state index contributed by atoms with van der Waals surface area (Å²) in [6.45, 7) is 0. The Morgan fingerprint density at radius 2 is 1.71 bits per heavy atom. The van der Waals surface area contributed by atoms with Gasteiger partial charge in [-0.15, -0.1) is 0 Å². The average Bonchev–Trinajstić information content (AvgIpc) is 2.39. The fourth-order valence-corrected chi connectivity index (χ4v) is 1.55. The lowest BCUT2D eigenvalue weighted by Crippen LogP contribution is -1.97. The summed E-state index contributed by atoms with van der Waals surface area (Å²) >= 11 is 0. The first-order valence-electron chi connectivity index (χ1n) is 5.13. The summed E-state index contributed by atoms with van der Waals surface area (Å²) < 4.78 is 0. The van der Waals surface area contributed by atoms with Crippen LogP contribution in [0.1, 0.15) is 0 Å². The molecule has 0 unspecified atom stereocenters. The molecule has 0 bridgehead atoms. The van der Waals surface area contributed by atoms with E-state index >= 15 is 0 Å². The molecule has 0 aliphatic heterocycles. The Morgan fingerprint density at radius 3 is 2.53 bits per heavy atom. The predicted octanol–water partition coefficient (Wildman–Crippen LogP) is 1.67. The van der Waals surface area contributed by atoms with Gasteiger partial charge in [0, 0.05) is 5.56 Å². The number of nitrogen functional groups attached to an aromatic ring is 1. The van der Waals surface area contributed by atoms with Crippen molar-refractivity contribution >= 4 is 17.0 Å². The molecule has 2 aromatic heterocycles. The van der Waals surface area contributed by atoms with Gasteiger partial charge in [0.2, 0.25) is 0 Å². The number of rotatable bonds is 1. The van der Waals surface area contributed by atoms with Crippen LogP contribution in [0.4, 0.5) is 5.82 Å². The highest BCUT2D eigenvalue weighted by Crippen LogP contribution is 2.16. The number of benzene rings is 1. The van der Waals surface area contributed by atoms with Crippen molar-refractivity contribution in [3.63, 3.8) is 0 Å². The molecule has 2 N–H and O–H groups in total. The van der Waals surface area contributed by atoms with Crippen molar-refractivity contribution in [1.82, 2.24) is 19.9 Å². The summed E-state index contributed by atoms with van der Waals surface area (Å²) in [5.41, 5.74) is 7.67.